The Kier molecular flexibility index (Phi) is 7.61. The predicted molar refractivity (Wildman–Crippen MR) is 102 cm³/mol. The van der Waals surface area contributed by atoms with E-state index in [1.54, 1.807) is 23.1 Å². The van der Waals surface area contributed by atoms with Gasteiger partial charge in [-0.2, -0.15) is 4.31 Å². The standard InChI is InChI=1S/C19H30N2O4S/c1-4-16(5-2)15-20(6-3)19(22)17-9-7-8-10-18(17)26(23,24)21-11-13-25-14-12-21/h7-10,16H,4-6,11-15H2,1-3H3. The third-order valence-corrected chi connectivity index (χ3v) is 6.96. The zero-order valence-electron chi connectivity index (χ0n) is 16.0. The van der Waals surface area contributed by atoms with Crippen molar-refractivity contribution in [3.63, 3.8) is 0 Å². The molecule has 26 heavy (non-hydrogen) atoms. The molecule has 0 spiro atoms. The molecule has 7 heteroatoms. The van der Waals surface area contributed by atoms with Crippen LogP contribution in [0.4, 0.5) is 0 Å². The summed E-state index contributed by atoms with van der Waals surface area (Å²) in [4.78, 5) is 15.0. The summed E-state index contributed by atoms with van der Waals surface area (Å²) in [6.07, 6.45) is 1.99. The van der Waals surface area contributed by atoms with Crippen molar-refractivity contribution in [2.75, 3.05) is 39.4 Å². The van der Waals surface area contributed by atoms with Crippen LogP contribution in [0.1, 0.15) is 44.0 Å². The highest BCUT2D eigenvalue weighted by atomic mass is 32.2. The van der Waals surface area contributed by atoms with Crippen LogP contribution in [0.25, 0.3) is 0 Å². The van der Waals surface area contributed by atoms with Crippen LogP contribution in [0.5, 0.6) is 0 Å². The first-order chi connectivity index (χ1) is 12.5. The van der Waals surface area contributed by atoms with Crippen LogP contribution in [-0.2, 0) is 14.8 Å². The van der Waals surface area contributed by atoms with Crippen molar-refractivity contribution in [3.8, 4) is 0 Å². The Morgan fingerprint density at radius 1 is 1.15 bits per heavy atom. The van der Waals surface area contributed by atoms with Gasteiger partial charge in [0, 0.05) is 26.2 Å². The SMILES string of the molecule is CCC(CC)CN(CC)C(=O)c1ccccc1S(=O)(=O)N1CCOCC1. The van der Waals surface area contributed by atoms with E-state index in [4.69, 9.17) is 4.74 Å². The zero-order chi connectivity index (χ0) is 19.2. The minimum Gasteiger partial charge on any atom is -0.379 e. The topological polar surface area (TPSA) is 66.9 Å². The normalized spacial score (nSPS) is 16.0. The van der Waals surface area contributed by atoms with Gasteiger partial charge in [0.15, 0.2) is 0 Å². The van der Waals surface area contributed by atoms with Crippen molar-refractivity contribution in [1.82, 2.24) is 9.21 Å². The molecule has 1 heterocycles. The van der Waals surface area contributed by atoms with Crippen molar-refractivity contribution in [3.05, 3.63) is 29.8 Å². The molecule has 1 saturated heterocycles. The molecule has 2 rings (SSSR count). The van der Waals surface area contributed by atoms with Gasteiger partial charge in [0.2, 0.25) is 10.0 Å². The minimum absolute atomic E-state index is 0.0925. The number of sulfonamides is 1. The molecule has 1 aliphatic heterocycles. The van der Waals surface area contributed by atoms with E-state index in [2.05, 4.69) is 13.8 Å². The number of benzene rings is 1. The predicted octanol–water partition coefficient (Wildman–Crippen LogP) is 2.61. The average Bonchev–Trinajstić information content (AvgIpc) is 2.69. The van der Waals surface area contributed by atoms with Crippen LogP contribution < -0.4 is 0 Å². The molecule has 1 aromatic carbocycles. The molecule has 0 aliphatic carbocycles. The molecular weight excluding hydrogens is 352 g/mol. The molecule has 0 saturated carbocycles. The summed E-state index contributed by atoms with van der Waals surface area (Å²) in [5.74, 6) is 0.203. The third kappa shape index (κ3) is 4.64. The lowest BCUT2D eigenvalue weighted by Gasteiger charge is -2.29. The fourth-order valence-corrected chi connectivity index (χ4v) is 4.77. The second-order valence-corrected chi connectivity index (χ2v) is 8.45. The summed E-state index contributed by atoms with van der Waals surface area (Å²) < 4.78 is 32.8. The monoisotopic (exact) mass is 382 g/mol. The maximum Gasteiger partial charge on any atom is 0.255 e. The van der Waals surface area contributed by atoms with Gasteiger partial charge in [-0.05, 0) is 25.0 Å². The molecule has 1 aromatic rings. The lowest BCUT2D eigenvalue weighted by Crippen LogP contribution is -2.42. The summed E-state index contributed by atoms with van der Waals surface area (Å²) in [5.41, 5.74) is 0.256. The fourth-order valence-electron chi connectivity index (χ4n) is 3.18. The van der Waals surface area contributed by atoms with Crippen LogP contribution in [0.15, 0.2) is 29.2 Å². The van der Waals surface area contributed by atoms with E-state index in [1.807, 2.05) is 6.92 Å². The molecule has 0 aromatic heterocycles. The maximum absolute atomic E-state index is 13.1. The maximum atomic E-state index is 13.1. The number of amides is 1. The Morgan fingerprint density at radius 3 is 2.35 bits per heavy atom. The second kappa shape index (κ2) is 9.48. The summed E-state index contributed by atoms with van der Waals surface area (Å²) in [6.45, 7) is 8.75. The van der Waals surface area contributed by atoms with Gasteiger partial charge in [-0.3, -0.25) is 4.79 Å². The number of carbonyl (C=O) groups is 1. The number of nitrogens with zero attached hydrogens (tertiary/aromatic N) is 2. The molecule has 1 aliphatic rings. The third-order valence-electron chi connectivity index (χ3n) is 5.01. The number of morpholine rings is 1. The van der Waals surface area contributed by atoms with Gasteiger partial charge in [0.25, 0.3) is 5.91 Å². The van der Waals surface area contributed by atoms with Crippen LogP contribution in [0.3, 0.4) is 0 Å². The zero-order valence-corrected chi connectivity index (χ0v) is 16.8. The molecule has 1 amide bonds. The van der Waals surface area contributed by atoms with Gasteiger partial charge in [-0.15, -0.1) is 0 Å². The lowest BCUT2D eigenvalue weighted by atomic mass is 10.0. The molecule has 146 valence electrons. The molecule has 0 atom stereocenters. The first kappa shape index (κ1) is 20.9. The molecule has 0 radical (unpaired) electrons. The fraction of sp³-hybridized carbons (Fsp3) is 0.632. The van der Waals surface area contributed by atoms with Crippen molar-refractivity contribution < 1.29 is 17.9 Å². The summed E-state index contributed by atoms with van der Waals surface area (Å²) in [7, 11) is -3.71. The van der Waals surface area contributed by atoms with Crippen molar-refractivity contribution in [2.45, 2.75) is 38.5 Å². The highest BCUT2D eigenvalue weighted by Gasteiger charge is 2.31. The second-order valence-electron chi connectivity index (χ2n) is 6.54. The van der Waals surface area contributed by atoms with Crippen molar-refractivity contribution in [1.29, 1.82) is 0 Å². The minimum atomic E-state index is -3.71. The molecule has 6 nitrogen and oxygen atoms in total. The van der Waals surface area contributed by atoms with Crippen molar-refractivity contribution in [2.24, 2.45) is 5.92 Å². The van der Waals surface area contributed by atoms with E-state index < -0.39 is 10.0 Å². The number of rotatable bonds is 8. The Labute approximate surface area is 157 Å². The largest absolute Gasteiger partial charge is 0.379 e. The molecule has 0 bridgehead atoms. The molecule has 0 unspecified atom stereocenters. The first-order valence-corrected chi connectivity index (χ1v) is 10.9. The number of ether oxygens (including phenoxy) is 1. The number of hydrogen-bond donors (Lipinski definition) is 0. The summed E-state index contributed by atoms with van der Waals surface area (Å²) in [6, 6.07) is 6.53. The Morgan fingerprint density at radius 2 is 1.77 bits per heavy atom. The molecule has 1 fully saturated rings. The average molecular weight is 383 g/mol. The van der Waals surface area contributed by atoms with E-state index >= 15 is 0 Å². The lowest BCUT2D eigenvalue weighted by molar-refractivity contribution is 0.0718. The van der Waals surface area contributed by atoms with Crippen LogP contribution in [0.2, 0.25) is 0 Å². The molecule has 0 N–H and O–H groups in total. The van der Waals surface area contributed by atoms with Gasteiger partial charge in [0.05, 0.1) is 23.7 Å². The van der Waals surface area contributed by atoms with Gasteiger partial charge in [-0.1, -0.05) is 38.8 Å². The van der Waals surface area contributed by atoms with Gasteiger partial charge in [0.1, 0.15) is 0 Å². The molecular formula is C19H30N2O4S. The van der Waals surface area contributed by atoms with E-state index in [0.717, 1.165) is 12.8 Å². The van der Waals surface area contributed by atoms with Crippen LogP contribution >= 0.6 is 0 Å². The van der Waals surface area contributed by atoms with E-state index in [1.165, 1.54) is 10.4 Å². The Balaban J connectivity index is 2.33. The van der Waals surface area contributed by atoms with E-state index in [9.17, 15) is 13.2 Å². The summed E-state index contributed by atoms with van der Waals surface area (Å²) in [5, 5.41) is 0. The Hall–Kier alpha value is -1.44. The quantitative estimate of drug-likeness (QED) is 0.693. The smallest absolute Gasteiger partial charge is 0.255 e. The highest BCUT2D eigenvalue weighted by molar-refractivity contribution is 7.89. The van der Waals surface area contributed by atoms with Gasteiger partial charge >= 0.3 is 0 Å². The van der Waals surface area contributed by atoms with Gasteiger partial charge in [-0.25, -0.2) is 8.42 Å². The number of hydrogen-bond acceptors (Lipinski definition) is 4. The van der Waals surface area contributed by atoms with E-state index in [-0.39, 0.29) is 16.4 Å². The Bertz CT molecular complexity index is 695. The van der Waals surface area contributed by atoms with Crippen LogP contribution in [-0.4, -0.2) is 62.9 Å². The highest BCUT2D eigenvalue weighted by Crippen LogP contribution is 2.23. The summed E-state index contributed by atoms with van der Waals surface area (Å²) >= 11 is 0. The van der Waals surface area contributed by atoms with Crippen LogP contribution in [0, 0.1) is 5.92 Å². The first-order valence-electron chi connectivity index (χ1n) is 9.41. The van der Waals surface area contributed by atoms with Gasteiger partial charge < -0.3 is 9.64 Å². The number of carbonyl (C=O) groups excluding carboxylic acids is 1. The van der Waals surface area contributed by atoms with Crippen molar-refractivity contribution >= 4 is 15.9 Å². The van der Waals surface area contributed by atoms with E-state index in [0.29, 0.717) is 45.3 Å².